The molecule has 0 saturated heterocycles. The molecule has 0 aromatic heterocycles. The van der Waals surface area contributed by atoms with Crippen molar-refractivity contribution in [2.75, 3.05) is 47.1 Å². The first kappa shape index (κ1) is 18.9. The highest BCUT2D eigenvalue weighted by molar-refractivity contribution is 9.10. The van der Waals surface area contributed by atoms with Gasteiger partial charge in [0, 0.05) is 49.4 Å². The van der Waals surface area contributed by atoms with Gasteiger partial charge in [-0.05, 0) is 24.1 Å². The van der Waals surface area contributed by atoms with Crippen LogP contribution in [0.2, 0.25) is 5.02 Å². The predicted octanol–water partition coefficient (Wildman–Crippen LogP) is 3.09. The average molecular weight is 380 g/mol. The van der Waals surface area contributed by atoms with Gasteiger partial charge in [0.2, 0.25) is 0 Å². The van der Waals surface area contributed by atoms with Crippen LogP contribution in [0.1, 0.15) is 18.0 Å². The lowest BCUT2D eigenvalue weighted by Crippen LogP contribution is -2.33. The number of methoxy groups -OCH3 is 2. The molecule has 0 radical (unpaired) electrons. The molecule has 120 valence electrons. The fraction of sp³-hybridized carbons (Fsp3) is 0.600. The van der Waals surface area contributed by atoms with Crippen LogP contribution in [0.25, 0.3) is 0 Å². The largest absolute Gasteiger partial charge is 0.383 e. The predicted molar refractivity (Wildman–Crippen MR) is 90.9 cm³/mol. The summed E-state index contributed by atoms with van der Waals surface area (Å²) < 4.78 is 11.2. The summed E-state index contributed by atoms with van der Waals surface area (Å²) in [6.07, 6.45) is 0.842. The van der Waals surface area contributed by atoms with E-state index in [1.807, 2.05) is 18.2 Å². The van der Waals surface area contributed by atoms with E-state index in [2.05, 4.69) is 20.8 Å². The second kappa shape index (κ2) is 10.5. The van der Waals surface area contributed by atoms with E-state index in [4.69, 9.17) is 26.8 Å². The van der Waals surface area contributed by atoms with Gasteiger partial charge in [0.15, 0.2) is 0 Å². The van der Waals surface area contributed by atoms with Crippen molar-refractivity contribution >= 4 is 27.5 Å². The first-order valence-corrected chi connectivity index (χ1v) is 8.16. The summed E-state index contributed by atoms with van der Waals surface area (Å²) in [7, 11) is 3.42. The van der Waals surface area contributed by atoms with Gasteiger partial charge < -0.3 is 15.2 Å². The Morgan fingerprint density at radius 3 is 2.33 bits per heavy atom. The molecule has 0 saturated carbocycles. The second-order valence-corrected chi connectivity index (χ2v) is 6.21. The Hall–Kier alpha value is -0.170. The van der Waals surface area contributed by atoms with Gasteiger partial charge in [-0.25, -0.2) is 0 Å². The second-order valence-electron chi connectivity index (χ2n) is 4.89. The monoisotopic (exact) mass is 378 g/mol. The van der Waals surface area contributed by atoms with E-state index >= 15 is 0 Å². The molecule has 0 spiro atoms. The molecular weight excluding hydrogens is 356 g/mol. The highest BCUT2D eigenvalue weighted by Gasteiger charge is 2.13. The molecule has 1 aromatic carbocycles. The Kier molecular flexibility index (Phi) is 9.47. The van der Waals surface area contributed by atoms with Crippen molar-refractivity contribution in [3.63, 3.8) is 0 Å². The lowest BCUT2D eigenvalue weighted by Gasteiger charge is -2.23. The smallest absolute Gasteiger partial charge is 0.0589 e. The normalized spacial score (nSPS) is 12.9. The molecular formula is C15H24BrClN2O2. The van der Waals surface area contributed by atoms with Gasteiger partial charge in [0.1, 0.15) is 0 Å². The highest BCUT2D eigenvalue weighted by atomic mass is 79.9. The molecule has 0 heterocycles. The van der Waals surface area contributed by atoms with Crippen LogP contribution in [0.4, 0.5) is 0 Å². The molecule has 1 rings (SSSR count). The maximum atomic E-state index is 6.26. The molecule has 1 aromatic rings. The third kappa shape index (κ3) is 7.08. The van der Waals surface area contributed by atoms with Crippen molar-refractivity contribution in [1.82, 2.24) is 4.90 Å². The van der Waals surface area contributed by atoms with E-state index in [0.29, 0.717) is 18.2 Å². The summed E-state index contributed by atoms with van der Waals surface area (Å²) in [5.74, 6) is 0. The summed E-state index contributed by atoms with van der Waals surface area (Å²) in [6.45, 7) is 4.05. The number of hydrogen-bond donors (Lipinski definition) is 1. The molecule has 1 unspecified atom stereocenters. The molecule has 0 bridgehead atoms. The van der Waals surface area contributed by atoms with Crippen LogP contribution in [-0.2, 0) is 9.47 Å². The highest BCUT2D eigenvalue weighted by Crippen LogP contribution is 2.27. The summed E-state index contributed by atoms with van der Waals surface area (Å²) in [5.41, 5.74) is 7.25. The zero-order valence-corrected chi connectivity index (χ0v) is 15.0. The van der Waals surface area contributed by atoms with Crippen LogP contribution in [0.3, 0.4) is 0 Å². The lowest BCUT2D eigenvalue weighted by atomic mass is 10.0. The molecule has 4 nitrogen and oxygen atoms in total. The van der Waals surface area contributed by atoms with E-state index in [1.54, 1.807) is 14.2 Å². The number of rotatable bonds is 10. The SMILES string of the molecule is COCCN(CCOC)CCC(N)c1ccc(Br)cc1Cl. The third-order valence-corrected chi connectivity index (χ3v) is 4.16. The van der Waals surface area contributed by atoms with Crippen molar-refractivity contribution in [2.45, 2.75) is 12.5 Å². The number of nitrogens with two attached hydrogens (primary N) is 1. The van der Waals surface area contributed by atoms with Crippen molar-refractivity contribution in [2.24, 2.45) is 5.73 Å². The van der Waals surface area contributed by atoms with E-state index in [-0.39, 0.29) is 6.04 Å². The summed E-state index contributed by atoms with van der Waals surface area (Å²) in [6, 6.07) is 5.75. The van der Waals surface area contributed by atoms with Crippen LogP contribution in [0, 0.1) is 0 Å². The maximum absolute atomic E-state index is 6.26. The van der Waals surface area contributed by atoms with Gasteiger partial charge in [0.25, 0.3) is 0 Å². The summed E-state index contributed by atoms with van der Waals surface area (Å²) >= 11 is 9.65. The molecule has 6 heteroatoms. The number of nitrogens with zero attached hydrogens (tertiary/aromatic N) is 1. The van der Waals surface area contributed by atoms with Crippen molar-refractivity contribution < 1.29 is 9.47 Å². The first-order chi connectivity index (χ1) is 10.1. The fourth-order valence-corrected chi connectivity index (χ4v) is 2.87. The van der Waals surface area contributed by atoms with Gasteiger partial charge in [-0.3, -0.25) is 4.90 Å². The molecule has 21 heavy (non-hydrogen) atoms. The third-order valence-electron chi connectivity index (χ3n) is 3.34. The average Bonchev–Trinajstić information content (AvgIpc) is 2.46. The van der Waals surface area contributed by atoms with Crippen molar-refractivity contribution in [1.29, 1.82) is 0 Å². The number of benzene rings is 1. The molecule has 2 N–H and O–H groups in total. The van der Waals surface area contributed by atoms with Crippen molar-refractivity contribution in [3.8, 4) is 0 Å². The standard InChI is InChI=1S/C15H24BrClN2O2/c1-20-9-7-19(8-10-21-2)6-5-15(18)13-4-3-12(16)11-14(13)17/h3-4,11,15H,5-10,18H2,1-2H3. The van der Waals surface area contributed by atoms with Crippen LogP contribution < -0.4 is 5.73 Å². The van der Waals surface area contributed by atoms with E-state index in [0.717, 1.165) is 36.1 Å². The van der Waals surface area contributed by atoms with Gasteiger partial charge in [-0.15, -0.1) is 0 Å². The lowest BCUT2D eigenvalue weighted by molar-refractivity contribution is 0.112. The van der Waals surface area contributed by atoms with Gasteiger partial charge in [0.05, 0.1) is 13.2 Å². The minimum absolute atomic E-state index is 0.0711. The summed E-state index contributed by atoms with van der Waals surface area (Å²) in [5, 5.41) is 0.706. The van der Waals surface area contributed by atoms with Gasteiger partial charge in [-0.2, -0.15) is 0 Å². The quantitative estimate of drug-likeness (QED) is 0.678. The maximum Gasteiger partial charge on any atom is 0.0589 e. The van der Waals surface area contributed by atoms with Crippen LogP contribution in [0.15, 0.2) is 22.7 Å². The van der Waals surface area contributed by atoms with Crippen LogP contribution in [0.5, 0.6) is 0 Å². The van der Waals surface area contributed by atoms with Crippen LogP contribution in [-0.4, -0.2) is 52.0 Å². The zero-order chi connectivity index (χ0) is 15.7. The van der Waals surface area contributed by atoms with Crippen molar-refractivity contribution in [3.05, 3.63) is 33.3 Å². The zero-order valence-electron chi connectivity index (χ0n) is 12.6. The number of ether oxygens (including phenoxy) is 2. The fourth-order valence-electron chi connectivity index (χ4n) is 2.06. The van der Waals surface area contributed by atoms with E-state index < -0.39 is 0 Å². The topological polar surface area (TPSA) is 47.7 Å². The molecule has 0 aliphatic heterocycles. The van der Waals surface area contributed by atoms with E-state index in [9.17, 15) is 0 Å². The Balaban J connectivity index is 2.52. The molecule has 0 fully saturated rings. The molecule has 1 atom stereocenters. The van der Waals surface area contributed by atoms with Gasteiger partial charge in [-0.1, -0.05) is 33.6 Å². The number of hydrogen-bond acceptors (Lipinski definition) is 4. The van der Waals surface area contributed by atoms with Gasteiger partial charge >= 0.3 is 0 Å². The van der Waals surface area contributed by atoms with E-state index in [1.165, 1.54) is 0 Å². The first-order valence-electron chi connectivity index (χ1n) is 6.99. The minimum atomic E-state index is -0.0711. The minimum Gasteiger partial charge on any atom is -0.383 e. The molecule has 0 aliphatic rings. The Morgan fingerprint density at radius 1 is 1.19 bits per heavy atom. The number of halogens is 2. The summed E-state index contributed by atoms with van der Waals surface area (Å²) in [4.78, 5) is 2.29. The Bertz CT molecular complexity index is 413. The van der Waals surface area contributed by atoms with Crippen LogP contribution >= 0.6 is 27.5 Å². The molecule has 0 amide bonds. The molecule has 0 aliphatic carbocycles. The Labute approximate surface area is 140 Å². The Morgan fingerprint density at radius 2 is 1.81 bits per heavy atom.